The highest BCUT2D eigenvalue weighted by Crippen LogP contribution is 2.36. The summed E-state index contributed by atoms with van der Waals surface area (Å²) in [7, 11) is -3.29. The average Bonchev–Trinajstić information content (AvgIpc) is 2.58. The Morgan fingerprint density at radius 1 is 0.960 bits per heavy atom. The van der Waals surface area contributed by atoms with E-state index in [1.54, 1.807) is 12.1 Å². The molecule has 25 heavy (non-hydrogen) atoms. The lowest BCUT2D eigenvalue weighted by atomic mass is 9.79. The van der Waals surface area contributed by atoms with Crippen LogP contribution in [0.25, 0.3) is 0 Å². The Hall–Kier alpha value is -2.18. The lowest BCUT2D eigenvalue weighted by molar-refractivity contribution is -0.137. The van der Waals surface area contributed by atoms with Crippen molar-refractivity contribution in [1.82, 2.24) is 0 Å². The summed E-state index contributed by atoms with van der Waals surface area (Å²) < 4.78 is 23.2. The lowest BCUT2D eigenvalue weighted by Crippen LogP contribution is -2.17. The number of carboxylic acid groups (broad SMARTS) is 1. The lowest BCUT2D eigenvalue weighted by Gasteiger charge is -2.26. The van der Waals surface area contributed by atoms with Crippen molar-refractivity contribution in [2.45, 2.75) is 29.6 Å². The third-order valence-corrected chi connectivity index (χ3v) is 5.44. The number of carboxylic acids is 1. The number of aliphatic carboxylic acids is 1. The first-order valence-corrected chi connectivity index (χ1v) is 9.89. The van der Waals surface area contributed by atoms with Gasteiger partial charge in [0.1, 0.15) is 0 Å². The minimum absolute atomic E-state index is 0.00250. The summed E-state index contributed by atoms with van der Waals surface area (Å²) in [4.78, 5) is 11.2. The summed E-state index contributed by atoms with van der Waals surface area (Å²) >= 11 is 0. The van der Waals surface area contributed by atoms with Crippen LogP contribution in [0, 0.1) is 0 Å². The van der Waals surface area contributed by atoms with Crippen LogP contribution >= 0.6 is 0 Å². The minimum atomic E-state index is -3.29. The van der Waals surface area contributed by atoms with E-state index in [9.17, 15) is 18.3 Å². The fraction of sp³-hybridized carbons (Fsp3) is 0.316. The van der Waals surface area contributed by atoms with Gasteiger partial charge in [-0.1, -0.05) is 42.5 Å². The Morgan fingerprint density at radius 3 is 2.00 bits per heavy atom. The monoisotopic (exact) mass is 362 g/mol. The molecule has 0 saturated heterocycles. The summed E-state index contributed by atoms with van der Waals surface area (Å²) in [6, 6.07) is 15.9. The van der Waals surface area contributed by atoms with Crippen LogP contribution in [0.1, 0.15) is 35.8 Å². The van der Waals surface area contributed by atoms with Crippen molar-refractivity contribution in [2.75, 3.05) is 12.9 Å². The first-order valence-electron chi connectivity index (χ1n) is 8.00. The van der Waals surface area contributed by atoms with Gasteiger partial charge in [0, 0.05) is 18.6 Å². The topological polar surface area (TPSA) is 91.7 Å². The molecular formula is C19H22O5S. The summed E-state index contributed by atoms with van der Waals surface area (Å²) in [6.45, 7) is -0.155. The molecule has 134 valence electrons. The standard InChI is InChI=1S/C19H22O5S/c1-25(23,24)16-9-7-15(8-10-16)18(13-20)17(11-12-19(21)22)14-5-3-2-4-6-14/h2-10,17-18,20H,11-13H2,1H3,(H,21,22)/t17-,18+/m0/s1. The Kier molecular flexibility index (Phi) is 6.33. The van der Waals surface area contributed by atoms with Crippen LogP contribution < -0.4 is 0 Å². The van der Waals surface area contributed by atoms with Crippen molar-refractivity contribution >= 4 is 15.8 Å². The molecular weight excluding hydrogens is 340 g/mol. The van der Waals surface area contributed by atoms with E-state index >= 15 is 0 Å². The number of hydrogen-bond acceptors (Lipinski definition) is 4. The zero-order valence-electron chi connectivity index (χ0n) is 14.0. The maximum absolute atomic E-state index is 11.6. The van der Waals surface area contributed by atoms with Crippen LogP contribution in [0.15, 0.2) is 59.5 Å². The van der Waals surface area contributed by atoms with Gasteiger partial charge in [0.2, 0.25) is 0 Å². The molecule has 6 heteroatoms. The van der Waals surface area contributed by atoms with Gasteiger partial charge in [0.25, 0.3) is 0 Å². The highest BCUT2D eigenvalue weighted by molar-refractivity contribution is 7.90. The van der Waals surface area contributed by atoms with Crippen LogP contribution in [0.2, 0.25) is 0 Å². The van der Waals surface area contributed by atoms with Crippen LogP contribution in [0.5, 0.6) is 0 Å². The highest BCUT2D eigenvalue weighted by Gasteiger charge is 2.25. The smallest absolute Gasteiger partial charge is 0.303 e. The van der Waals surface area contributed by atoms with Gasteiger partial charge in [0.15, 0.2) is 9.84 Å². The molecule has 2 aromatic carbocycles. The zero-order chi connectivity index (χ0) is 18.4. The number of aliphatic hydroxyl groups is 1. The summed E-state index contributed by atoms with van der Waals surface area (Å²) in [5.74, 6) is -1.37. The van der Waals surface area contributed by atoms with E-state index in [1.165, 1.54) is 12.1 Å². The third kappa shape index (κ3) is 5.14. The second-order valence-electron chi connectivity index (χ2n) is 6.08. The number of rotatable bonds is 8. The predicted octanol–water partition coefficient (Wildman–Crippen LogP) is 2.81. The van der Waals surface area contributed by atoms with Gasteiger partial charge >= 0.3 is 5.97 Å². The minimum Gasteiger partial charge on any atom is -0.481 e. The molecule has 0 fully saturated rings. The Bertz CT molecular complexity index is 797. The van der Waals surface area contributed by atoms with E-state index in [0.717, 1.165) is 17.4 Å². The Labute approximate surface area is 147 Å². The van der Waals surface area contributed by atoms with Crippen LogP contribution in [-0.2, 0) is 14.6 Å². The first-order chi connectivity index (χ1) is 11.8. The van der Waals surface area contributed by atoms with Crippen molar-refractivity contribution in [2.24, 2.45) is 0 Å². The quantitative estimate of drug-likeness (QED) is 0.753. The number of carbonyl (C=O) groups is 1. The number of hydrogen-bond donors (Lipinski definition) is 2. The second-order valence-corrected chi connectivity index (χ2v) is 8.10. The molecule has 2 aromatic rings. The largest absolute Gasteiger partial charge is 0.481 e. The maximum Gasteiger partial charge on any atom is 0.303 e. The van der Waals surface area contributed by atoms with Crippen LogP contribution in [-0.4, -0.2) is 37.5 Å². The molecule has 0 heterocycles. The first kappa shape index (κ1) is 19.1. The van der Waals surface area contributed by atoms with Crippen molar-refractivity contribution in [3.05, 3.63) is 65.7 Å². The van der Waals surface area contributed by atoms with E-state index in [1.807, 2.05) is 30.3 Å². The SMILES string of the molecule is CS(=O)(=O)c1ccc([C@@H](CO)[C@@H](CCC(=O)O)c2ccccc2)cc1. The van der Waals surface area contributed by atoms with Crippen molar-refractivity contribution < 1.29 is 23.4 Å². The van der Waals surface area contributed by atoms with Gasteiger partial charge in [-0.05, 0) is 35.6 Å². The molecule has 0 radical (unpaired) electrons. The highest BCUT2D eigenvalue weighted by atomic mass is 32.2. The van der Waals surface area contributed by atoms with Gasteiger partial charge in [-0.25, -0.2) is 8.42 Å². The molecule has 0 aliphatic heterocycles. The fourth-order valence-electron chi connectivity index (χ4n) is 3.01. The zero-order valence-corrected chi connectivity index (χ0v) is 14.8. The van der Waals surface area contributed by atoms with E-state index in [2.05, 4.69) is 0 Å². The normalized spacial score (nSPS) is 14.0. The number of sulfone groups is 1. The molecule has 0 aromatic heterocycles. The van der Waals surface area contributed by atoms with Gasteiger partial charge in [0.05, 0.1) is 11.5 Å². The molecule has 0 unspecified atom stereocenters. The van der Waals surface area contributed by atoms with E-state index < -0.39 is 15.8 Å². The fourth-order valence-corrected chi connectivity index (χ4v) is 3.64. The van der Waals surface area contributed by atoms with Gasteiger partial charge in [-0.2, -0.15) is 0 Å². The molecule has 2 atom stereocenters. The molecule has 0 spiro atoms. The number of benzene rings is 2. The Balaban J connectivity index is 2.36. The van der Waals surface area contributed by atoms with E-state index in [4.69, 9.17) is 5.11 Å². The molecule has 0 aliphatic rings. The van der Waals surface area contributed by atoms with Gasteiger partial charge in [-0.15, -0.1) is 0 Å². The molecule has 0 saturated carbocycles. The van der Waals surface area contributed by atoms with E-state index in [0.29, 0.717) is 6.42 Å². The molecule has 2 N–H and O–H groups in total. The molecule has 5 nitrogen and oxygen atoms in total. The molecule has 0 bridgehead atoms. The van der Waals surface area contributed by atoms with Crippen molar-refractivity contribution in [3.8, 4) is 0 Å². The summed E-state index contributed by atoms with van der Waals surface area (Å²) in [5, 5.41) is 19.0. The Morgan fingerprint density at radius 2 is 1.52 bits per heavy atom. The second kappa shape index (κ2) is 8.27. The van der Waals surface area contributed by atoms with Gasteiger partial charge in [-0.3, -0.25) is 4.79 Å². The van der Waals surface area contributed by atoms with E-state index in [-0.39, 0.29) is 29.8 Å². The third-order valence-electron chi connectivity index (χ3n) is 4.32. The summed E-state index contributed by atoms with van der Waals surface area (Å²) in [5.41, 5.74) is 1.74. The summed E-state index contributed by atoms with van der Waals surface area (Å²) in [6.07, 6.45) is 1.53. The maximum atomic E-state index is 11.6. The molecule has 2 rings (SSSR count). The van der Waals surface area contributed by atoms with Crippen molar-refractivity contribution in [3.63, 3.8) is 0 Å². The molecule has 0 amide bonds. The van der Waals surface area contributed by atoms with Crippen LogP contribution in [0.3, 0.4) is 0 Å². The molecule has 0 aliphatic carbocycles. The van der Waals surface area contributed by atoms with Crippen LogP contribution in [0.4, 0.5) is 0 Å². The average molecular weight is 362 g/mol. The van der Waals surface area contributed by atoms with Gasteiger partial charge < -0.3 is 10.2 Å². The van der Waals surface area contributed by atoms with Crippen molar-refractivity contribution in [1.29, 1.82) is 0 Å². The predicted molar refractivity (Wildman–Crippen MR) is 95.4 cm³/mol. The number of aliphatic hydroxyl groups excluding tert-OH is 1.